The number of ketones is 1. The molecule has 1 heterocycles. The predicted molar refractivity (Wildman–Crippen MR) is 129 cm³/mol. The molecule has 2 aromatic carbocycles. The monoisotopic (exact) mass is 573 g/mol. The van der Waals surface area contributed by atoms with Gasteiger partial charge in [0.2, 0.25) is 11.8 Å². The maximum atomic E-state index is 13.1. The average molecular weight is 575 g/mol. The van der Waals surface area contributed by atoms with Crippen LogP contribution in [0.4, 0.5) is 5.69 Å². The van der Waals surface area contributed by atoms with Crippen LogP contribution in [0, 0.1) is 30.6 Å². The number of hydrogen-bond donors (Lipinski definition) is 0. The van der Waals surface area contributed by atoms with Crippen LogP contribution < -0.4 is 4.90 Å². The normalized spacial score (nSPS) is 30.0. The number of Topliss-reactive ketones (excluding diaryl/α,β-unsaturated/α-hetero) is 1. The van der Waals surface area contributed by atoms with Gasteiger partial charge in [0.05, 0.1) is 23.1 Å². The van der Waals surface area contributed by atoms with Crippen LogP contribution in [0.25, 0.3) is 0 Å². The lowest BCUT2D eigenvalue weighted by Gasteiger charge is -2.28. The van der Waals surface area contributed by atoms with Gasteiger partial charge in [0.15, 0.2) is 12.4 Å². The molecule has 5 rings (SSSR count). The Morgan fingerprint density at radius 3 is 1.94 bits per heavy atom. The van der Waals surface area contributed by atoms with Crippen LogP contribution in [0.1, 0.15) is 32.7 Å². The topological polar surface area (TPSA) is 80.8 Å². The molecule has 6 nitrogen and oxygen atoms in total. The van der Waals surface area contributed by atoms with Gasteiger partial charge in [-0.3, -0.25) is 19.3 Å². The van der Waals surface area contributed by atoms with Gasteiger partial charge < -0.3 is 4.74 Å². The van der Waals surface area contributed by atoms with Crippen molar-refractivity contribution in [3.8, 4) is 0 Å². The number of esters is 1. The SMILES string of the molecule is Cc1ccc(C(=O)COC(=O)c2ccc(N3C(=O)[C@@H]4[C@H]5C[C@@H]([C@@H](Br)[C@H]5Br)[C@H]4C3=O)cc2)cc1. The minimum Gasteiger partial charge on any atom is -0.454 e. The maximum Gasteiger partial charge on any atom is 0.338 e. The second kappa shape index (κ2) is 8.47. The summed E-state index contributed by atoms with van der Waals surface area (Å²) in [5.74, 6) is -1.56. The van der Waals surface area contributed by atoms with E-state index in [4.69, 9.17) is 4.74 Å². The van der Waals surface area contributed by atoms with E-state index < -0.39 is 5.97 Å². The van der Waals surface area contributed by atoms with Gasteiger partial charge >= 0.3 is 5.97 Å². The Balaban J connectivity index is 1.26. The van der Waals surface area contributed by atoms with Crippen LogP contribution in [0.2, 0.25) is 0 Å². The molecule has 8 heteroatoms. The number of anilines is 1. The van der Waals surface area contributed by atoms with E-state index >= 15 is 0 Å². The summed E-state index contributed by atoms with van der Waals surface area (Å²) in [4.78, 5) is 52.5. The van der Waals surface area contributed by atoms with E-state index in [-0.39, 0.29) is 63.1 Å². The first kappa shape index (κ1) is 22.5. The zero-order chi connectivity index (χ0) is 23.4. The van der Waals surface area contributed by atoms with Gasteiger partial charge in [-0.05, 0) is 49.4 Å². The number of aryl methyl sites for hydroxylation is 1. The molecule has 2 bridgehead atoms. The Morgan fingerprint density at radius 1 is 0.879 bits per heavy atom. The van der Waals surface area contributed by atoms with Gasteiger partial charge in [0.1, 0.15) is 0 Å². The van der Waals surface area contributed by atoms with Gasteiger partial charge in [-0.15, -0.1) is 0 Å². The molecule has 0 spiro atoms. The Morgan fingerprint density at radius 2 is 1.39 bits per heavy atom. The Hall–Kier alpha value is -2.32. The van der Waals surface area contributed by atoms with Crippen molar-refractivity contribution in [3.63, 3.8) is 0 Å². The number of imide groups is 1. The zero-order valence-corrected chi connectivity index (χ0v) is 20.9. The van der Waals surface area contributed by atoms with Crippen LogP contribution in [-0.4, -0.2) is 39.8 Å². The summed E-state index contributed by atoms with van der Waals surface area (Å²) in [6.45, 7) is 1.56. The molecule has 2 aliphatic carbocycles. The van der Waals surface area contributed by atoms with Crippen molar-refractivity contribution in [2.24, 2.45) is 23.7 Å². The molecule has 6 atom stereocenters. The van der Waals surface area contributed by atoms with Crippen molar-refractivity contribution in [2.75, 3.05) is 11.5 Å². The summed E-state index contributed by atoms with van der Waals surface area (Å²) in [6, 6.07) is 13.2. The number of benzene rings is 2. The number of rotatable bonds is 5. The highest BCUT2D eigenvalue weighted by Crippen LogP contribution is 2.60. The van der Waals surface area contributed by atoms with Crippen molar-refractivity contribution in [2.45, 2.75) is 23.0 Å². The highest BCUT2D eigenvalue weighted by molar-refractivity contribution is 9.12. The minimum atomic E-state index is -0.639. The summed E-state index contributed by atoms with van der Waals surface area (Å²) in [5.41, 5.74) is 2.21. The smallest absolute Gasteiger partial charge is 0.338 e. The number of alkyl halides is 2. The maximum absolute atomic E-state index is 13.1. The van der Waals surface area contributed by atoms with E-state index in [1.165, 1.54) is 17.0 Å². The largest absolute Gasteiger partial charge is 0.454 e. The number of carbonyl (C=O) groups is 4. The van der Waals surface area contributed by atoms with Crippen LogP contribution in [-0.2, 0) is 14.3 Å². The van der Waals surface area contributed by atoms with Gasteiger partial charge in [0, 0.05) is 15.2 Å². The summed E-state index contributed by atoms with van der Waals surface area (Å²) in [5, 5.41) is 0. The average Bonchev–Trinajstić information content (AvgIpc) is 3.42. The highest BCUT2D eigenvalue weighted by Gasteiger charge is 2.66. The second-order valence-electron chi connectivity index (χ2n) is 8.93. The lowest BCUT2D eigenvalue weighted by Crippen LogP contribution is -2.37. The van der Waals surface area contributed by atoms with Crippen molar-refractivity contribution in [1.82, 2.24) is 0 Å². The van der Waals surface area contributed by atoms with E-state index in [9.17, 15) is 19.2 Å². The molecule has 2 saturated carbocycles. The molecule has 33 heavy (non-hydrogen) atoms. The fraction of sp³-hybridized carbons (Fsp3) is 0.360. The molecule has 1 aliphatic heterocycles. The van der Waals surface area contributed by atoms with E-state index in [0.29, 0.717) is 11.3 Å². The van der Waals surface area contributed by atoms with Crippen molar-refractivity contribution in [1.29, 1.82) is 0 Å². The molecule has 0 radical (unpaired) electrons. The number of hydrogen-bond acceptors (Lipinski definition) is 5. The molecule has 0 aromatic heterocycles. The van der Waals surface area contributed by atoms with Crippen molar-refractivity contribution in [3.05, 3.63) is 65.2 Å². The number of nitrogens with zero attached hydrogens (tertiary/aromatic N) is 1. The fourth-order valence-electron chi connectivity index (χ4n) is 5.39. The molecule has 1 saturated heterocycles. The summed E-state index contributed by atoms with van der Waals surface area (Å²) in [6.07, 6.45) is 0.874. The summed E-state index contributed by atoms with van der Waals surface area (Å²) >= 11 is 7.37. The zero-order valence-electron chi connectivity index (χ0n) is 17.7. The third-order valence-electron chi connectivity index (χ3n) is 7.06. The van der Waals surface area contributed by atoms with E-state index in [0.717, 1.165) is 12.0 Å². The number of carbonyl (C=O) groups excluding carboxylic acids is 4. The minimum absolute atomic E-state index is 0.145. The van der Waals surface area contributed by atoms with Crippen LogP contribution >= 0.6 is 31.9 Å². The number of fused-ring (bicyclic) bond motifs is 5. The van der Waals surface area contributed by atoms with Crippen molar-refractivity contribution >= 4 is 61.1 Å². The molecule has 2 aromatic rings. The third-order valence-corrected chi connectivity index (χ3v) is 10.3. The third kappa shape index (κ3) is 3.67. The second-order valence-corrected chi connectivity index (χ2v) is 11.0. The molecule has 2 amide bonds. The van der Waals surface area contributed by atoms with Crippen LogP contribution in [0.5, 0.6) is 0 Å². The number of ether oxygens (including phenoxy) is 1. The van der Waals surface area contributed by atoms with Crippen LogP contribution in [0.15, 0.2) is 48.5 Å². The Bertz CT molecular complexity index is 1110. The standard InChI is InChI=1S/C25H21Br2NO5/c1-12-2-4-13(5-3-12)18(29)11-33-25(32)14-6-8-15(9-7-14)28-23(30)19-16-10-17(20(19)24(28)31)22(27)21(16)26/h2-9,16-17,19-22H,10-11H2,1H3/t16-,17-,19-,20-,21-,22+/m1/s1. The van der Waals surface area contributed by atoms with Gasteiger partial charge in [-0.1, -0.05) is 61.7 Å². The van der Waals surface area contributed by atoms with E-state index in [2.05, 4.69) is 31.9 Å². The lowest BCUT2D eigenvalue weighted by atomic mass is 9.81. The Labute approximate surface area is 207 Å². The van der Waals surface area contributed by atoms with Gasteiger partial charge in [-0.25, -0.2) is 4.79 Å². The van der Waals surface area contributed by atoms with Crippen LogP contribution in [0.3, 0.4) is 0 Å². The molecule has 0 unspecified atom stereocenters. The fourth-order valence-corrected chi connectivity index (χ4v) is 7.26. The van der Waals surface area contributed by atoms with E-state index in [1.807, 2.05) is 19.1 Å². The Kier molecular flexibility index (Phi) is 5.77. The quantitative estimate of drug-likeness (QED) is 0.230. The van der Waals surface area contributed by atoms with Gasteiger partial charge in [0.25, 0.3) is 0 Å². The first-order chi connectivity index (χ1) is 15.8. The summed E-state index contributed by atoms with van der Waals surface area (Å²) in [7, 11) is 0. The summed E-state index contributed by atoms with van der Waals surface area (Å²) < 4.78 is 5.16. The molecule has 3 fully saturated rings. The first-order valence-electron chi connectivity index (χ1n) is 10.8. The molecule has 3 aliphatic rings. The van der Waals surface area contributed by atoms with E-state index in [1.54, 1.807) is 24.3 Å². The number of halogens is 2. The lowest BCUT2D eigenvalue weighted by molar-refractivity contribution is -0.123. The molecule has 0 N–H and O–H groups in total. The molecule has 170 valence electrons. The first-order valence-corrected chi connectivity index (χ1v) is 12.6. The highest BCUT2D eigenvalue weighted by atomic mass is 79.9. The number of amides is 2. The molecular weight excluding hydrogens is 554 g/mol. The van der Waals surface area contributed by atoms with Crippen molar-refractivity contribution < 1.29 is 23.9 Å². The molecular formula is C25H21Br2NO5. The predicted octanol–water partition coefficient (Wildman–Crippen LogP) is 4.32. The van der Waals surface area contributed by atoms with Gasteiger partial charge in [-0.2, -0.15) is 0 Å².